The Morgan fingerprint density at radius 2 is 2.15 bits per heavy atom. The normalized spacial score (nSPS) is 10.5. The fraction of sp³-hybridized carbons (Fsp3) is 0.357. The van der Waals surface area contributed by atoms with Gasteiger partial charge in [0.25, 0.3) is 5.91 Å². The second-order valence-corrected chi connectivity index (χ2v) is 6.54. The van der Waals surface area contributed by atoms with Gasteiger partial charge in [-0.25, -0.2) is 8.42 Å². The van der Waals surface area contributed by atoms with Crippen molar-refractivity contribution in [2.45, 2.75) is 6.42 Å². The maximum atomic E-state index is 11.8. The zero-order chi connectivity index (χ0) is 15.0. The quantitative estimate of drug-likeness (QED) is 0.600. The van der Waals surface area contributed by atoms with E-state index in [1.165, 1.54) is 0 Å². The highest BCUT2D eigenvalue weighted by Crippen LogP contribution is 2.04. The molecule has 0 aliphatic carbocycles. The molecule has 6 heteroatoms. The maximum absolute atomic E-state index is 11.8. The minimum absolute atomic E-state index is 0.0509. The van der Waals surface area contributed by atoms with Crippen LogP contribution in [0.2, 0.25) is 0 Å². The molecule has 2 N–H and O–H groups in total. The van der Waals surface area contributed by atoms with Gasteiger partial charge < -0.3 is 10.4 Å². The average molecular weight is 295 g/mol. The summed E-state index contributed by atoms with van der Waals surface area (Å²) in [6.07, 6.45) is 1.55. The molecule has 0 saturated carbocycles. The minimum Gasteiger partial charge on any atom is -0.384 e. The zero-order valence-corrected chi connectivity index (χ0v) is 12.0. The molecule has 0 radical (unpaired) electrons. The number of aliphatic hydroxyl groups excluding tert-OH is 1. The van der Waals surface area contributed by atoms with E-state index >= 15 is 0 Å². The van der Waals surface area contributed by atoms with E-state index < -0.39 is 9.84 Å². The lowest BCUT2D eigenvalue weighted by Crippen LogP contribution is -2.25. The van der Waals surface area contributed by atoms with Gasteiger partial charge in [0, 0.05) is 23.9 Å². The molecule has 0 aliphatic rings. The molecular weight excluding hydrogens is 278 g/mol. The summed E-state index contributed by atoms with van der Waals surface area (Å²) in [5.41, 5.74) is 1.09. The van der Waals surface area contributed by atoms with Gasteiger partial charge in [0.2, 0.25) is 0 Å². The van der Waals surface area contributed by atoms with Gasteiger partial charge in [-0.15, -0.1) is 0 Å². The molecule has 1 rings (SSSR count). The fourth-order valence-electron chi connectivity index (χ4n) is 1.52. The number of rotatable bonds is 5. The molecule has 1 aromatic rings. The highest BCUT2D eigenvalue weighted by atomic mass is 32.2. The molecule has 0 aromatic heterocycles. The molecule has 0 spiro atoms. The average Bonchev–Trinajstić information content (AvgIpc) is 2.40. The van der Waals surface area contributed by atoms with Crippen LogP contribution >= 0.6 is 0 Å². The molecule has 0 fully saturated rings. The van der Waals surface area contributed by atoms with Crippen LogP contribution < -0.4 is 5.32 Å². The van der Waals surface area contributed by atoms with E-state index in [9.17, 15) is 13.2 Å². The molecule has 0 saturated heterocycles. The summed E-state index contributed by atoms with van der Waals surface area (Å²) in [5.74, 6) is 5.00. The van der Waals surface area contributed by atoms with Crippen LogP contribution in [0.4, 0.5) is 0 Å². The lowest BCUT2D eigenvalue weighted by Gasteiger charge is -2.05. The first-order valence-electron chi connectivity index (χ1n) is 6.08. The van der Waals surface area contributed by atoms with Gasteiger partial charge in [0.05, 0.1) is 5.75 Å². The second kappa shape index (κ2) is 7.68. The van der Waals surface area contributed by atoms with Crippen molar-refractivity contribution in [3.8, 4) is 11.8 Å². The summed E-state index contributed by atoms with van der Waals surface area (Å²) in [6.45, 7) is 0.0698. The molecule has 0 heterocycles. The van der Waals surface area contributed by atoms with E-state index in [-0.39, 0.29) is 18.3 Å². The van der Waals surface area contributed by atoms with E-state index in [1.807, 2.05) is 0 Å². The van der Waals surface area contributed by atoms with Crippen LogP contribution in [0.1, 0.15) is 22.3 Å². The standard InChI is InChI=1S/C14H17NO4S/c1-20(18,19)10-4-8-15-14(17)13-7-2-5-12(11-13)6-3-9-16/h2,5,7,11,16H,4,8-10H2,1H3,(H,15,17). The first-order valence-corrected chi connectivity index (χ1v) is 8.14. The summed E-state index contributed by atoms with van der Waals surface area (Å²) >= 11 is 0. The number of sulfone groups is 1. The summed E-state index contributed by atoms with van der Waals surface area (Å²) in [5, 5.41) is 11.3. The van der Waals surface area contributed by atoms with E-state index in [0.29, 0.717) is 24.1 Å². The van der Waals surface area contributed by atoms with Crippen LogP contribution in [0, 0.1) is 11.8 Å². The van der Waals surface area contributed by atoms with Gasteiger partial charge in [-0.2, -0.15) is 0 Å². The highest BCUT2D eigenvalue weighted by molar-refractivity contribution is 7.90. The van der Waals surface area contributed by atoms with Crippen LogP contribution in [-0.2, 0) is 9.84 Å². The van der Waals surface area contributed by atoms with Crippen LogP contribution in [0.25, 0.3) is 0 Å². The van der Waals surface area contributed by atoms with Gasteiger partial charge in [-0.05, 0) is 24.6 Å². The van der Waals surface area contributed by atoms with Crippen LogP contribution in [0.5, 0.6) is 0 Å². The SMILES string of the molecule is CS(=O)(=O)CCCNC(=O)c1cccc(C#CCO)c1. The summed E-state index contributed by atoms with van der Waals surface area (Å²) in [4.78, 5) is 11.8. The number of aliphatic hydroxyl groups is 1. The van der Waals surface area contributed by atoms with Gasteiger partial charge in [0.1, 0.15) is 16.4 Å². The Kier molecular flexibility index (Phi) is 6.22. The Labute approximate surface area is 118 Å². The van der Waals surface area contributed by atoms with Crippen LogP contribution in [0.15, 0.2) is 24.3 Å². The molecule has 1 amide bonds. The fourth-order valence-corrected chi connectivity index (χ4v) is 2.19. The van der Waals surface area contributed by atoms with Gasteiger partial charge >= 0.3 is 0 Å². The van der Waals surface area contributed by atoms with Gasteiger partial charge in [0.15, 0.2) is 0 Å². The van der Waals surface area contributed by atoms with Crippen molar-refractivity contribution in [3.05, 3.63) is 35.4 Å². The molecule has 5 nitrogen and oxygen atoms in total. The van der Waals surface area contributed by atoms with E-state index in [2.05, 4.69) is 17.2 Å². The van der Waals surface area contributed by atoms with Crippen molar-refractivity contribution in [3.63, 3.8) is 0 Å². The second-order valence-electron chi connectivity index (χ2n) is 4.28. The van der Waals surface area contributed by atoms with Crippen LogP contribution in [-0.4, -0.2) is 44.6 Å². The predicted octanol–water partition coefficient (Wildman–Crippen LogP) is 0.195. The molecule has 0 atom stereocenters. The Bertz CT molecular complexity index is 626. The van der Waals surface area contributed by atoms with Crippen molar-refractivity contribution in [2.75, 3.05) is 25.2 Å². The number of benzene rings is 1. The number of carbonyl (C=O) groups excluding carboxylic acids is 1. The maximum Gasteiger partial charge on any atom is 0.251 e. The van der Waals surface area contributed by atoms with Gasteiger partial charge in [-0.3, -0.25) is 4.79 Å². The van der Waals surface area contributed by atoms with Crippen LogP contribution in [0.3, 0.4) is 0 Å². The van der Waals surface area contributed by atoms with E-state index in [0.717, 1.165) is 6.26 Å². The molecule has 0 aliphatic heterocycles. The number of hydrogen-bond donors (Lipinski definition) is 2. The largest absolute Gasteiger partial charge is 0.384 e. The van der Waals surface area contributed by atoms with Crippen molar-refractivity contribution in [1.29, 1.82) is 0 Å². The molecular formula is C14H17NO4S. The topological polar surface area (TPSA) is 83.5 Å². The van der Waals surface area contributed by atoms with Crippen molar-refractivity contribution < 1.29 is 18.3 Å². The Balaban J connectivity index is 2.55. The Morgan fingerprint density at radius 3 is 2.80 bits per heavy atom. The highest BCUT2D eigenvalue weighted by Gasteiger charge is 2.06. The summed E-state index contributed by atoms with van der Waals surface area (Å²) in [7, 11) is -3.00. The summed E-state index contributed by atoms with van der Waals surface area (Å²) < 4.78 is 21.9. The third kappa shape index (κ3) is 6.36. The third-order valence-corrected chi connectivity index (χ3v) is 3.44. The number of amides is 1. The first-order chi connectivity index (χ1) is 9.42. The number of nitrogens with one attached hydrogen (secondary N) is 1. The number of carbonyl (C=O) groups is 1. The zero-order valence-electron chi connectivity index (χ0n) is 11.2. The minimum atomic E-state index is -3.00. The molecule has 108 valence electrons. The lowest BCUT2D eigenvalue weighted by atomic mass is 10.1. The summed E-state index contributed by atoms with van der Waals surface area (Å²) in [6, 6.07) is 6.71. The van der Waals surface area contributed by atoms with E-state index in [1.54, 1.807) is 24.3 Å². The Morgan fingerprint density at radius 1 is 1.40 bits per heavy atom. The molecule has 1 aromatic carbocycles. The molecule has 20 heavy (non-hydrogen) atoms. The van der Waals surface area contributed by atoms with Gasteiger partial charge in [-0.1, -0.05) is 17.9 Å². The van der Waals surface area contributed by atoms with Crippen molar-refractivity contribution >= 4 is 15.7 Å². The van der Waals surface area contributed by atoms with E-state index in [4.69, 9.17) is 5.11 Å². The van der Waals surface area contributed by atoms with Crippen molar-refractivity contribution in [1.82, 2.24) is 5.32 Å². The third-order valence-electron chi connectivity index (χ3n) is 2.41. The molecule has 0 unspecified atom stereocenters. The lowest BCUT2D eigenvalue weighted by molar-refractivity contribution is 0.0953. The predicted molar refractivity (Wildman–Crippen MR) is 77.1 cm³/mol. The van der Waals surface area contributed by atoms with Crippen molar-refractivity contribution in [2.24, 2.45) is 0 Å². The molecule has 0 bridgehead atoms. The first kappa shape index (κ1) is 16.2. The Hall–Kier alpha value is -1.84. The number of hydrogen-bond acceptors (Lipinski definition) is 4. The smallest absolute Gasteiger partial charge is 0.251 e. The monoisotopic (exact) mass is 295 g/mol.